The molecule has 154 valence electrons. The summed E-state index contributed by atoms with van der Waals surface area (Å²) in [6.45, 7) is 2.98. The Kier molecular flexibility index (Phi) is 18.4. The molecule has 2 aromatic carbocycles. The number of carbonyl (C=O) groups excluding carboxylic acids is 4. The van der Waals surface area contributed by atoms with Crippen LogP contribution in [0.3, 0.4) is 0 Å². The third-order valence-electron chi connectivity index (χ3n) is 2.97. The molecular weight excluding hydrogens is 542 g/mol. The average molecular weight is 566 g/mol. The van der Waals surface area contributed by atoms with Gasteiger partial charge >= 0.3 is 23.1 Å². The third kappa shape index (κ3) is 13.5. The van der Waals surface area contributed by atoms with Crippen LogP contribution in [0.15, 0.2) is 48.5 Å². The van der Waals surface area contributed by atoms with Crippen LogP contribution in [0.25, 0.3) is 0 Å². The zero-order valence-corrected chi connectivity index (χ0v) is 20.9. The monoisotopic (exact) mass is 566 g/mol. The first-order valence-corrected chi connectivity index (χ1v) is 8.33. The summed E-state index contributed by atoms with van der Waals surface area (Å²) in [7, 11) is 0. The molecule has 0 radical (unpaired) electrons. The molecular formula is C20H24Cl4MoO4+8. The maximum absolute atomic E-state index is 9.42. The molecule has 0 atom stereocenters. The molecule has 0 bridgehead atoms. The van der Waals surface area contributed by atoms with E-state index in [-0.39, 0.29) is 69.0 Å². The van der Waals surface area contributed by atoms with Gasteiger partial charge in [-0.1, -0.05) is 23.2 Å². The van der Waals surface area contributed by atoms with Crippen molar-refractivity contribution >= 4 is 46.3 Å². The molecule has 0 saturated carbocycles. The van der Waals surface area contributed by atoms with Crippen molar-refractivity contribution in [3.63, 3.8) is 0 Å². The van der Waals surface area contributed by atoms with Crippen molar-refractivity contribution in [1.29, 1.82) is 0 Å². The zero-order chi connectivity index (χ0) is 19.7. The van der Waals surface area contributed by atoms with Crippen LogP contribution in [0, 0.1) is 37.7 Å². The van der Waals surface area contributed by atoms with Crippen molar-refractivity contribution in [3.8, 4) is 0 Å². The van der Waals surface area contributed by atoms with Crippen LogP contribution in [-0.2, 0) is 21.1 Å². The van der Waals surface area contributed by atoms with Gasteiger partial charge in [-0.25, -0.2) is 9.59 Å². The van der Waals surface area contributed by atoms with Gasteiger partial charge in [-0.15, -0.1) is 0 Å². The summed E-state index contributed by atoms with van der Waals surface area (Å²) in [6.07, 6.45) is 2.56. The van der Waals surface area contributed by atoms with E-state index in [2.05, 4.69) is 0 Å². The number of hydrogen-bond donors (Lipinski definition) is 0. The second-order valence-electron chi connectivity index (χ2n) is 5.36. The molecule has 0 heterocycles. The SMILES string of the molecule is CC(=[OH+])[CH+]C(=[OH+])c1ccc(Cl)cc1.CC(=[OH+])[CH+]C(=[OH+])c1ccc(Cl)cc1.[ClH2+].[ClH2+].[Mo]. The summed E-state index contributed by atoms with van der Waals surface area (Å²) in [5.41, 5.74) is 1.25. The molecule has 4 nitrogen and oxygen atoms in total. The maximum Gasteiger partial charge on any atom is 0.512 e. The second kappa shape index (κ2) is 16.5. The van der Waals surface area contributed by atoms with Crippen molar-refractivity contribution in [2.75, 3.05) is 0 Å². The molecule has 0 fully saturated rings. The predicted molar refractivity (Wildman–Crippen MR) is 114 cm³/mol. The van der Waals surface area contributed by atoms with E-state index in [0.29, 0.717) is 21.2 Å². The number of hydrogen-bond acceptors (Lipinski definition) is 0. The Hall–Kier alpha value is -1.29. The molecule has 2 rings (SSSR count). The van der Waals surface area contributed by atoms with Crippen LogP contribution in [0.4, 0.5) is 0 Å². The Morgan fingerprint density at radius 3 is 1.07 bits per heavy atom. The number of benzene rings is 2. The minimum atomic E-state index is 0. The molecule has 4 N–H and O–H groups in total. The van der Waals surface area contributed by atoms with Gasteiger partial charge in [-0.2, -0.15) is 0 Å². The van der Waals surface area contributed by atoms with Crippen molar-refractivity contribution < 1.29 is 65.1 Å². The van der Waals surface area contributed by atoms with Gasteiger partial charge in [-0.3, -0.25) is 9.59 Å². The van der Waals surface area contributed by atoms with E-state index in [4.69, 9.17) is 32.8 Å². The standard InChI is InChI=1S/2C10H8ClO2.2ClH2.Mo/c2*1-7(12)6-10(13)8-2-4-9(11)5-3-8;;;/h2*2-6H,1H3;2*1H2;/q4*+1;/p+4. The van der Waals surface area contributed by atoms with Crippen molar-refractivity contribution in [2.24, 2.45) is 0 Å². The first kappa shape index (κ1) is 32.4. The van der Waals surface area contributed by atoms with E-state index in [9.17, 15) is 9.59 Å². The number of rotatable bonds is 6. The number of ketones is 4. The summed E-state index contributed by atoms with van der Waals surface area (Å²) in [5, 5.41) is 1.22. The Bertz CT molecular complexity index is 737. The van der Waals surface area contributed by atoms with Crippen LogP contribution in [0.2, 0.25) is 10.0 Å². The fourth-order valence-corrected chi connectivity index (χ4v) is 2.06. The van der Waals surface area contributed by atoms with Crippen molar-refractivity contribution in [3.05, 3.63) is 82.5 Å². The maximum atomic E-state index is 9.42. The Morgan fingerprint density at radius 2 is 0.862 bits per heavy atom. The normalized spacial score (nSPS) is 8.41. The molecule has 29 heavy (non-hydrogen) atoms. The Morgan fingerprint density at radius 1 is 0.621 bits per heavy atom. The summed E-state index contributed by atoms with van der Waals surface area (Å²) < 4.78 is 0. The van der Waals surface area contributed by atoms with Crippen LogP contribution < -0.4 is 0 Å². The van der Waals surface area contributed by atoms with E-state index in [1.807, 2.05) is 0 Å². The smallest absolute Gasteiger partial charge is 0.259 e. The molecule has 0 aliphatic heterocycles. The molecule has 0 saturated heterocycles. The van der Waals surface area contributed by atoms with Gasteiger partial charge in [-0.05, 0) is 24.3 Å². The van der Waals surface area contributed by atoms with Crippen LogP contribution in [0.1, 0.15) is 25.0 Å². The molecule has 9 heteroatoms. The quantitative estimate of drug-likeness (QED) is 0.170. The molecule has 0 aliphatic rings. The van der Waals surface area contributed by atoms with Crippen LogP contribution in [-0.4, -0.2) is 42.3 Å². The molecule has 0 aliphatic carbocycles. The van der Waals surface area contributed by atoms with Crippen LogP contribution in [0.5, 0.6) is 0 Å². The minimum absolute atomic E-state index is 0. The Balaban J connectivity index is -0.000000422. The van der Waals surface area contributed by atoms with Gasteiger partial charge in [0.15, 0.2) is 0 Å². The van der Waals surface area contributed by atoms with E-state index >= 15 is 0 Å². The van der Waals surface area contributed by atoms with E-state index in [1.165, 1.54) is 26.7 Å². The van der Waals surface area contributed by atoms with Gasteiger partial charge in [0.1, 0.15) is 0 Å². The largest absolute Gasteiger partial charge is 0.512 e. The summed E-state index contributed by atoms with van der Waals surface area (Å²) in [6, 6.07) is 13.4. The number of halogens is 4. The fraction of sp³-hybridized carbons (Fsp3) is 0.100. The summed E-state index contributed by atoms with van der Waals surface area (Å²) in [5.74, 6) is 0.174. The van der Waals surface area contributed by atoms with Gasteiger partial charge in [0.2, 0.25) is 11.1 Å². The molecule has 0 spiro atoms. The van der Waals surface area contributed by atoms with E-state index in [0.717, 1.165) is 0 Å². The summed E-state index contributed by atoms with van der Waals surface area (Å²) in [4.78, 5) is 36.6. The third-order valence-corrected chi connectivity index (χ3v) is 3.48. The van der Waals surface area contributed by atoms with Gasteiger partial charge in [0, 0.05) is 55.4 Å². The predicted octanol–water partition coefficient (Wildman–Crippen LogP) is 2.93. The van der Waals surface area contributed by atoms with E-state index in [1.54, 1.807) is 48.5 Å². The van der Waals surface area contributed by atoms with Gasteiger partial charge < -0.3 is 0 Å². The first-order valence-electron chi connectivity index (χ1n) is 7.57. The zero-order valence-electron chi connectivity index (χ0n) is 15.6. The van der Waals surface area contributed by atoms with Crippen LogP contribution >= 0.6 is 23.2 Å². The van der Waals surface area contributed by atoms with Crippen molar-refractivity contribution in [2.45, 2.75) is 13.8 Å². The van der Waals surface area contributed by atoms with Crippen molar-refractivity contribution in [1.82, 2.24) is 0 Å². The Labute approximate surface area is 206 Å². The topological polar surface area (TPSA) is 85.6 Å². The minimum Gasteiger partial charge on any atom is -0.259 e. The molecule has 0 amide bonds. The van der Waals surface area contributed by atoms with E-state index < -0.39 is 0 Å². The van der Waals surface area contributed by atoms with Gasteiger partial charge in [0.05, 0.1) is 38.7 Å². The fourth-order valence-electron chi connectivity index (χ4n) is 1.80. The molecule has 0 unspecified atom stereocenters. The summed E-state index contributed by atoms with van der Waals surface area (Å²) >= 11 is 11.3. The van der Waals surface area contributed by atoms with Gasteiger partial charge in [0.25, 0.3) is 12.8 Å². The second-order valence-corrected chi connectivity index (χ2v) is 6.23. The average Bonchev–Trinajstić information content (AvgIpc) is 2.55. The first-order chi connectivity index (χ1) is 12.2. The molecule has 0 aromatic heterocycles. The molecule has 2 aromatic rings.